The molecule has 2 aliphatic heterocycles. The molecule has 2 aromatic carbocycles. The first-order chi connectivity index (χ1) is 19.4. The summed E-state index contributed by atoms with van der Waals surface area (Å²) in [7, 11) is 0. The molecule has 9 nitrogen and oxygen atoms in total. The van der Waals surface area contributed by atoms with Gasteiger partial charge >= 0.3 is 5.97 Å². The van der Waals surface area contributed by atoms with Crippen molar-refractivity contribution >= 4 is 40.3 Å². The van der Waals surface area contributed by atoms with Gasteiger partial charge in [0.15, 0.2) is 29.7 Å². The number of aliphatic carboxylic acids is 1. The minimum atomic E-state index is -1.05. The molecule has 0 aliphatic carbocycles. The number of carboxylic acids is 1. The Balaban J connectivity index is 0.00000484. The lowest BCUT2D eigenvalue weighted by atomic mass is 9.84. The molecule has 0 unspecified atom stereocenters. The van der Waals surface area contributed by atoms with Gasteiger partial charge in [-0.3, -0.25) is 10.2 Å². The molecule has 11 heteroatoms. The number of carbonyl (C=O) groups is 2. The van der Waals surface area contributed by atoms with Crippen molar-refractivity contribution in [3.05, 3.63) is 46.3 Å². The highest BCUT2D eigenvalue weighted by Gasteiger charge is 2.33. The molecule has 2 aliphatic rings. The van der Waals surface area contributed by atoms with E-state index in [2.05, 4.69) is 4.90 Å². The second-order valence-electron chi connectivity index (χ2n) is 11.5. The Hall–Kier alpha value is -3.34. The Bertz CT molecular complexity index is 1340. The van der Waals surface area contributed by atoms with Gasteiger partial charge in [0.05, 0.1) is 31.0 Å². The van der Waals surface area contributed by atoms with Crippen LogP contribution in [0.2, 0.25) is 0 Å². The van der Waals surface area contributed by atoms with Crippen molar-refractivity contribution in [2.24, 2.45) is 0 Å². The maximum Gasteiger partial charge on any atom is 0.341 e. The van der Waals surface area contributed by atoms with Crippen molar-refractivity contribution < 1.29 is 33.3 Å². The van der Waals surface area contributed by atoms with E-state index >= 15 is 4.39 Å². The lowest BCUT2D eigenvalue weighted by molar-refractivity contribution is -0.139. The minimum absolute atomic E-state index is 0. The van der Waals surface area contributed by atoms with Gasteiger partial charge in [0.25, 0.3) is 0 Å². The Labute approximate surface area is 257 Å². The van der Waals surface area contributed by atoms with Crippen molar-refractivity contribution in [2.45, 2.75) is 65.8 Å². The van der Waals surface area contributed by atoms with Crippen molar-refractivity contribution in [3.63, 3.8) is 0 Å². The average molecular weight is 651 g/mol. The molecule has 0 spiro atoms. The standard InChI is InChI=1S/C31H40FN3O6.BrH/c1-6-39-24-15-20-16-35(30(33)26(20)27(32)29(24)40-7-2)17-21(36)12-19-13-22(31(3,4)5)28(41-18-25(37)38)23(14-19)34-10-8-9-11-34;/h13-15,33H,6-12,16-18H2,1-5H3,(H,37,38);1H. The first-order valence-electron chi connectivity index (χ1n) is 14.2. The van der Waals surface area contributed by atoms with Gasteiger partial charge < -0.3 is 29.1 Å². The molecule has 2 aromatic rings. The number of carboxylic acid groups (broad SMARTS) is 1. The quantitative estimate of drug-likeness (QED) is 0.309. The monoisotopic (exact) mass is 649 g/mol. The van der Waals surface area contributed by atoms with Crippen LogP contribution in [0.4, 0.5) is 10.1 Å². The summed E-state index contributed by atoms with van der Waals surface area (Å²) in [4.78, 5) is 28.5. The molecule has 2 N–H and O–H groups in total. The maximum atomic E-state index is 15.4. The summed E-state index contributed by atoms with van der Waals surface area (Å²) in [5.74, 6) is -1.05. The largest absolute Gasteiger partial charge is 0.490 e. The highest BCUT2D eigenvalue weighted by Crippen LogP contribution is 2.42. The van der Waals surface area contributed by atoms with E-state index in [9.17, 15) is 14.7 Å². The van der Waals surface area contributed by atoms with Crippen LogP contribution in [0, 0.1) is 11.2 Å². The smallest absolute Gasteiger partial charge is 0.341 e. The van der Waals surface area contributed by atoms with E-state index in [4.69, 9.17) is 19.6 Å². The zero-order valence-electron chi connectivity index (χ0n) is 25.0. The number of carbonyl (C=O) groups excluding carboxylic acids is 1. The molecule has 0 radical (unpaired) electrons. The third-order valence-corrected chi connectivity index (χ3v) is 7.26. The van der Waals surface area contributed by atoms with Gasteiger partial charge in [-0.15, -0.1) is 17.0 Å². The fourth-order valence-corrected chi connectivity index (χ4v) is 5.46. The number of nitrogens with zero attached hydrogens (tertiary/aromatic N) is 2. The van der Waals surface area contributed by atoms with Crippen LogP contribution in [0.25, 0.3) is 0 Å². The van der Waals surface area contributed by atoms with E-state index in [1.807, 2.05) is 32.9 Å². The molecule has 2 heterocycles. The molecule has 42 heavy (non-hydrogen) atoms. The Morgan fingerprint density at radius 1 is 1.02 bits per heavy atom. The highest BCUT2D eigenvalue weighted by molar-refractivity contribution is 8.93. The zero-order valence-corrected chi connectivity index (χ0v) is 26.7. The summed E-state index contributed by atoms with van der Waals surface area (Å²) in [6.45, 7) is 11.6. The van der Waals surface area contributed by atoms with E-state index in [-0.39, 0.29) is 71.4 Å². The number of Topliss-reactive ketones (excluding diaryl/α,β-unsaturated/α-hetero) is 1. The lowest BCUT2D eigenvalue weighted by Gasteiger charge is -2.29. The number of rotatable bonds is 12. The number of anilines is 1. The van der Waals surface area contributed by atoms with Gasteiger partial charge in [-0.2, -0.15) is 0 Å². The van der Waals surface area contributed by atoms with Gasteiger partial charge in [0.2, 0.25) is 0 Å². The molecule has 1 fully saturated rings. The first kappa shape index (κ1) is 33.2. The topological polar surface area (TPSA) is 112 Å². The van der Waals surface area contributed by atoms with Crippen molar-refractivity contribution in [2.75, 3.05) is 44.4 Å². The Morgan fingerprint density at radius 2 is 1.69 bits per heavy atom. The molecule has 4 rings (SSSR count). The van der Waals surface area contributed by atoms with Crippen molar-refractivity contribution in [1.29, 1.82) is 5.41 Å². The van der Waals surface area contributed by atoms with E-state index in [1.54, 1.807) is 24.8 Å². The Morgan fingerprint density at radius 3 is 2.29 bits per heavy atom. The van der Waals surface area contributed by atoms with Crippen LogP contribution in [-0.2, 0) is 28.0 Å². The summed E-state index contributed by atoms with van der Waals surface area (Å²) in [5.41, 5.74) is 2.77. The van der Waals surface area contributed by atoms with Crippen LogP contribution in [0.5, 0.6) is 17.2 Å². The van der Waals surface area contributed by atoms with E-state index in [0.29, 0.717) is 23.7 Å². The van der Waals surface area contributed by atoms with Gasteiger partial charge in [-0.1, -0.05) is 26.8 Å². The number of benzene rings is 2. The van der Waals surface area contributed by atoms with Crippen LogP contribution in [0.1, 0.15) is 69.7 Å². The lowest BCUT2D eigenvalue weighted by Crippen LogP contribution is -2.31. The number of hydrogen-bond acceptors (Lipinski definition) is 7. The van der Waals surface area contributed by atoms with Gasteiger partial charge in [-0.05, 0) is 55.4 Å². The minimum Gasteiger partial charge on any atom is -0.490 e. The summed E-state index contributed by atoms with van der Waals surface area (Å²) >= 11 is 0. The van der Waals surface area contributed by atoms with Crippen LogP contribution >= 0.6 is 17.0 Å². The Kier molecular flexibility index (Phi) is 10.9. The summed E-state index contributed by atoms with van der Waals surface area (Å²) in [6, 6.07) is 5.53. The van der Waals surface area contributed by atoms with Crippen LogP contribution in [-0.4, -0.2) is 67.0 Å². The third-order valence-electron chi connectivity index (χ3n) is 7.26. The molecule has 0 bridgehead atoms. The molecular weight excluding hydrogens is 609 g/mol. The molecule has 0 amide bonds. The van der Waals surface area contributed by atoms with E-state index in [0.717, 1.165) is 42.7 Å². The van der Waals surface area contributed by atoms with Gasteiger partial charge in [0.1, 0.15) is 11.6 Å². The molecular formula is C31H41BrFN3O6. The maximum absolute atomic E-state index is 15.4. The molecule has 0 atom stereocenters. The number of hydrogen-bond donors (Lipinski definition) is 2. The fraction of sp³-hybridized carbons (Fsp3) is 0.516. The highest BCUT2D eigenvalue weighted by atomic mass is 79.9. The number of halogens is 2. The van der Waals surface area contributed by atoms with Crippen LogP contribution in [0.3, 0.4) is 0 Å². The van der Waals surface area contributed by atoms with E-state index in [1.165, 1.54) is 0 Å². The average Bonchev–Trinajstić information content (AvgIpc) is 3.53. The van der Waals surface area contributed by atoms with Crippen LogP contribution in [0.15, 0.2) is 18.2 Å². The normalized spacial score (nSPS) is 14.5. The predicted octanol–water partition coefficient (Wildman–Crippen LogP) is 5.51. The SMILES string of the molecule is Br.CCOc1cc2c(c(F)c1OCC)C(=N)N(CC(=O)Cc1cc(N3CCCC3)c(OCC(=O)O)c(C(C)(C)C)c1)C2. The summed E-state index contributed by atoms with van der Waals surface area (Å²) in [6.07, 6.45) is 2.16. The summed E-state index contributed by atoms with van der Waals surface area (Å²) in [5, 5.41) is 17.9. The number of fused-ring (bicyclic) bond motifs is 1. The number of amidine groups is 1. The number of ketones is 1. The molecule has 1 saturated heterocycles. The van der Waals surface area contributed by atoms with Crippen molar-refractivity contribution in [1.82, 2.24) is 4.90 Å². The molecule has 230 valence electrons. The summed E-state index contributed by atoms with van der Waals surface area (Å²) < 4.78 is 32.4. The van der Waals surface area contributed by atoms with Gasteiger partial charge in [-0.25, -0.2) is 9.18 Å². The number of nitrogens with one attached hydrogen (secondary N) is 1. The van der Waals surface area contributed by atoms with E-state index < -0.39 is 18.4 Å². The number of ether oxygens (including phenoxy) is 3. The fourth-order valence-electron chi connectivity index (χ4n) is 5.46. The second-order valence-corrected chi connectivity index (χ2v) is 11.5. The first-order valence-corrected chi connectivity index (χ1v) is 14.2. The zero-order chi connectivity index (χ0) is 29.9. The molecule has 0 aromatic heterocycles. The van der Waals surface area contributed by atoms with Gasteiger partial charge in [0, 0.05) is 31.6 Å². The van der Waals surface area contributed by atoms with Crippen molar-refractivity contribution in [3.8, 4) is 17.2 Å². The third kappa shape index (κ3) is 7.17. The molecule has 0 saturated carbocycles. The second kappa shape index (κ2) is 13.8. The van der Waals surface area contributed by atoms with Crippen LogP contribution < -0.4 is 19.1 Å². The predicted molar refractivity (Wildman–Crippen MR) is 165 cm³/mol.